The van der Waals surface area contributed by atoms with Crippen LogP contribution < -0.4 is 0 Å². The van der Waals surface area contributed by atoms with Gasteiger partial charge in [0.1, 0.15) is 10.1 Å². The fraction of sp³-hybridized carbons (Fsp3) is 0.684. The van der Waals surface area contributed by atoms with Crippen molar-refractivity contribution in [3.63, 3.8) is 0 Å². The maximum Gasteiger partial charge on any atom is 0.124 e. The monoisotopic (exact) mass is 374 g/mol. The Morgan fingerprint density at radius 3 is 1.46 bits per heavy atom. The molecule has 0 saturated carbocycles. The number of hydrogen-bond donors (Lipinski definition) is 0. The molecule has 3 nitrogen and oxygen atoms in total. The molecular weight excluding hydrogens is 339 g/mol. The van der Waals surface area contributed by atoms with Crippen molar-refractivity contribution in [3.05, 3.63) is 30.3 Å². The van der Waals surface area contributed by atoms with E-state index in [1.165, 1.54) is 62.8 Å². The molecule has 0 spiro atoms. The fourth-order valence-corrected chi connectivity index (χ4v) is 6.94. The summed E-state index contributed by atoms with van der Waals surface area (Å²) in [5, 5.41) is 0. The van der Waals surface area contributed by atoms with Crippen LogP contribution in [0.1, 0.15) is 59.3 Å². The van der Waals surface area contributed by atoms with Crippen molar-refractivity contribution in [3.8, 4) is 0 Å². The van der Waals surface area contributed by atoms with Crippen molar-refractivity contribution in [2.45, 2.75) is 64.2 Å². The van der Waals surface area contributed by atoms with Gasteiger partial charge in [-0.3, -0.25) is 0 Å². The Bertz CT molecular complexity index is 493. The van der Waals surface area contributed by atoms with Gasteiger partial charge in [0, 0.05) is 13.9 Å². The summed E-state index contributed by atoms with van der Waals surface area (Å²) in [6.45, 7) is 9.59. The summed E-state index contributed by atoms with van der Waals surface area (Å²) in [6.07, 6.45) is 13.2. The van der Waals surface area contributed by atoms with Crippen molar-refractivity contribution in [1.29, 1.82) is 0 Å². The third-order valence-corrected chi connectivity index (χ3v) is 9.22. The van der Waals surface area contributed by atoms with Crippen LogP contribution in [0.15, 0.2) is 35.2 Å². The molecule has 0 saturated heterocycles. The van der Waals surface area contributed by atoms with Gasteiger partial charge in [-0.15, -0.1) is 0 Å². The van der Waals surface area contributed by atoms with Gasteiger partial charge in [0.25, 0.3) is 0 Å². The molecule has 0 atom stereocenters. The summed E-state index contributed by atoms with van der Waals surface area (Å²) in [5.41, 5.74) is 0. The van der Waals surface area contributed by atoms with Gasteiger partial charge in [-0.1, -0.05) is 58.2 Å². The second-order valence-corrected chi connectivity index (χ2v) is 12.6. The molecule has 1 aromatic carbocycles. The van der Waals surface area contributed by atoms with Crippen molar-refractivity contribution in [2.75, 3.05) is 25.2 Å². The quantitative estimate of drug-likeness (QED) is 0.394. The summed E-state index contributed by atoms with van der Waals surface area (Å²) in [5.74, 6) is 0. The molecule has 0 unspecified atom stereocenters. The van der Waals surface area contributed by atoms with E-state index in [2.05, 4.69) is 27.4 Å². The van der Waals surface area contributed by atoms with Crippen LogP contribution in [-0.4, -0.2) is 38.1 Å². The van der Waals surface area contributed by atoms with E-state index in [1.807, 2.05) is 0 Å². The average molecular weight is 375 g/mol. The predicted octanol–water partition coefficient (Wildman–Crippen LogP) is 5.62. The van der Waals surface area contributed by atoms with Crippen LogP contribution in [0.5, 0.6) is 0 Å². The van der Waals surface area contributed by atoms with E-state index in [-0.39, 0.29) is 4.90 Å². The molecule has 0 bridgehead atoms. The van der Waals surface area contributed by atoms with E-state index in [4.69, 9.17) is 0 Å². The molecule has 0 N–H and O–H groups in total. The van der Waals surface area contributed by atoms with Gasteiger partial charge in [-0.05, 0) is 31.4 Å². The Kier molecular flexibility index (Phi) is 12.6. The smallest absolute Gasteiger partial charge is 0.124 e. The first-order valence-electron chi connectivity index (χ1n) is 9.13. The number of rotatable bonds is 10. The molecule has 0 amide bonds. The Balaban J connectivity index is 0.000000463. The predicted molar refractivity (Wildman–Crippen MR) is 107 cm³/mol. The zero-order valence-electron chi connectivity index (χ0n) is 15.8. The van der Waals surface area contributed by atoms with Gasteiger partial charge in [-0.2, -0.15) is 0 Å². The summed E-state index contributed by atoms with van der Waals surface area (Å²) >= 11 is 0. The summed E-state index contributed by atoms with van der Waals surface area (Å²) in [7, 11) is -4.77. The first-order chi connectivity index (χ1) is 11.3. The van der Waals surface area contributed by atoms with Gasteiger partial charge in [-0.25, -0.2) is 8.42 Å². The molecule has 24 heavy (non-hydrogen) atoms. The standard InChI is InChI=1S/C13H30P.C6H6O3S/c1-5-8-11-14(4,12-9-6-2)13-10-7-3;7-10(8,9)6-4-2-1-3-5-6/h5-13H2,1-4H3;1-5H,(H,7,8,9)/q+1;/p-1. The molecule has 1 rings (SSSR count). The molecule has 0 aromatic heterocycles. The molecule has 1 aromatic rings. The molecule has 0 radical (unpaired) electrons. The Morgan fingerprint density at radius 2 is 1.21 bits per heavy atom. The van der Waals surface area contributed by atoms with Crippen LogP contribution in [0.4, 0.5) is 0 Å². The number of benzene rings is 1. The van der Waals surface area contributed by atoms with E-state index in [0.717, 1.165) is 0 Å². The minimum absolute atomic E-state index is 0.185. The van der Waals surface area contributed by atoms with E-state index >= 15 is 0 Å². The van der Waals surface area contributed by atoms with Gasteiger partial charge in [0.2, 0.25) is 0 Å². The topological polar surface area (TPSA) is 57.2 Å². The van der Waals surface area contributed by atoms with Crippen LogP contribution in [0.2, 0.25) is 0 Å². The fourth-order valence-electron chi connectivity index (χ4n) is 2.54. The third kappa shape index (κ3) is 11.2. The highest BCUT2D eigenvalue weighted by molar-refractivity contribution is 7.85. The molecule has 0 aliphatic rings. The molecule has 0 aliphatic heterocycles. The van der Waals surface area contributed by atoms with Crippen LogP contribution in [0, 0.1) is 0 Å². The molecule has 0 aliphatic carbocycles. The molecule has 0 fully saturated rings. The second kappa shape index (κ2) is 12.9. The first-order valence-corrected chi connectivity index (χ1v) is 13.3. The van der Waals surface area contributed by atoms with Gasteiger partial charge in [0.05, 0.1) is 23.4 Å². The highest BCUT2D eigenvalue weighted by Gasteiger charge is 2.28. The maximum atomic E-state index is 10.3. The van der Waals surface area contributed by atoms with Crippen molar-refractivity contribution in [2.24, 2.45) is 0 Å². The highest BCUT2D eigenvalue weighted by Crippen LogP contribution is 2.57. The normalized spacial score (nSPS) is 11.7. The number of hydrogen-bond acceptors (Lipinski definition) is 3. The SMILES string of the molecule is CCCC[P+](C)(CCCC)CCCC.O=S(=O)([O-])c1ccccc1. The Hall–Kier alpha value is -0.440. The van der Waals surface area contributed by atoms with Gasteiger partial charge >= 0.3 is 0 Å². The molecule has 140 valence electrons. The lowest BCUT2D eigenvalue weighted by molar-refractivity contribution is 0.463. The molecule has 5 heteroatoms. The average Bonchev–Trinajstić information content (AvgIpc) is 2.57. The van der Waals surface area contributed by atoms with E-state index < -0.39 is 17.4 Å². The largest absolute Gasteiger partial charge is 0.744 e. The Labute approximate surface area is 150 Å². The molecule has 0 heterocycles. The first kappa shape index (κ1) is 23.6. The molecular formula is C19H35O3PS. The van der Waals surface area contributed by atoms with Crippen LogP contribution in [0.3, 0.4) is 0 Å². The van der Waals surface area contributed by atoms with Crippen molar-refractivity contribution < 1.29 is 13.0 Å². The zero-order valence-corrected chi connectivity index (χ0v) is 17.5. The minimum Gasteiger partial charge on any atom is -0.744 e. The lowest BCUT2D eigenvalue weighted by Crippen LogP contribution is -2.07. The van der Waals surface area contributed by atoms with Crippen LogP contribution >= 0.6 is 7.26 Å². The highest BCUT2D eigenvalue weighted by atomic mass is 32.2. The van der Waals surface area contributed by atoms with E-state index in [0.29, 0.717) is 0 Å². The summed E-state index contributed by atoms with van der Waals surface area (Å²) in [4.78, 5) is -0.185. The minimum atomic E-state index is -4.25. The summed E-state index contributed by atoms with van der Waals surface area (Å²) in [6, 6.07) is 7.19. The maximum absolute atomic E-state index is 10.3. The Morgan fingerprint density at radius 1 is 0.833 bits per heavy atom. The third-order valence-electron chi connectivity index (χ3n) is 4.19. The van der Waals surface area contributed by atoms with Crippen molar-refractivity contribution >= 4 is 17.4 Å². The van der Waals surface area contributed by atoms with E-state index in [9.17, 15) is 13.0 Å². The van der Waals surface area contributed by atoms with E-state index in [1.54, 1.807) is 24.6 Å². The number of unbranched alkanes of at least 4 members (excludes halogenated alkanes) is 3. The second-order valence-electron chi connectivity index (χ2n) is 6.62. The van der Waals surface area contributed by atoms with Gasteiger partial charge in [0.15, 0.2) is 0 Å². The lowest BCUT2D eigenvalue weighted by Gasteiger charge is -2.22. The van der Waals surface area contributed by atoms with Crippen molar-refractivity contribution in [1.82, 2.24) is 0 Å². The van der Waals surface area contributed by atoms with Crippen LogP contribution in [-0.2, 0) is 10.1 Å². The zero-order chi connectivity index (χ0) is 18.5. The lowest BCUT2D eigenvalue weighted by atomic mass is 10.4. The summed E-state index contributed by atoms with van der Waals surface area (Å²) < 4.78 is 30.8. The van der Waals surface area contributed by atoms with Gasteiger partial charge < -0.3 is 4.55 Å². The van der Waals surface area contributed by atoms with Crippen LogP contribution in [0.25, 0.3) is 0 Å².